The number of rotatable bonds is 3. The van der Waals surface area contributed by atoms with Crippen molar-refractivity contribution in [2.75, 3.05) is 31.1 Å². The van der Waals surface area contributed by atoms with E-state index < -0.39 is 0 Å². The number of hydrogen-bond donors (Lipinski definition) is 1. The molecule has 2 heterocycles. The van der Waals surface area contributed by atoms with Crippen LogP contribution in [0.5, 0.6) is 0 Å². The first-order valence-corrected chi connectivity index (χ1v) is 8.73. The third-order valence-electron chi connectivity index (χ3n) is 5.08. The molecule has 25 heavy (non-hydrogen) atoms. The predicted molar refractivity (Wildman–Crippen MR) is 97.9 cm³/mol. The first-order chi connectivity index (χ1) is 12.0. The van der Waals surface area contributed by atoms with E-state index in [2.05, 4.69) is 47.4 Å². The summed E-state index contributed by atoms with van der Waals surface area (Å²) in [6.45, 7) is 11.7. The molecular weight excluding hydrogens is 316 g/mol. The number of benzene rings is 1. The fourth-order valence-electron chi connectivity index (χ4n) is 3.26. The van der Waals surface area contributed by atoms with Gasteiger partial charge in [-0.1, -0.05) is 17.3 Å². The summed E-state index contributed by atoms with van der Waals surface area (Å²) in [5, 5.41) is 6.90. The highest BCUT2D eigenvalue weighted by atomic mass is 16.5. The Morgan fingerprint density at radius 1 is 1.16 bits per heavy atom. The summed E-state index contributed by atoms with van der Waals surface area (Å²) < 4.78 is 5.14. The average molecular weight is 342 g/mol. The second-order valence-corrected chi connectivity index (χ2v) is 6.65. The molecule has 0 aliphatic carbocycles. The van der Waals surface area contributed by atoms with Crippen LogP contribution in [0.25, 0.3) is 0 Å². The summed E-state index contributed by atoms with van der Waals surface area (Å²) in [4.78, 5) is 16.7. The molecule has 1 fully saturated rings. The van der Waals surface area contributed by atoms with Gasteiger partial charge in [0.15, 0.2) is 0 Å². The lowest BCUT2D eigenvalue weighted by molar-refractivity contribution is 0.194. The molecule has 1 aliphatic rings. The van der Waals surface area contributed by atoms with Crippen LogP contribution in [0.4, 0.5) is 10.5 Å². The van der Waals surface area contributed by atoms with E-state index in [1.165, 1.54) is 16.8 Å². The van der Waals surface area contributed by atoms with Gasteiger partial charge >= 0.3 is 6.03 Å². The highest BCUT2D eigenvalue weighted by Gasteiger charge is 2.22. The Hall–Kier alpha value is -2.50. The van der Waals surface area contributed by atoms with E-state index >= 15 is 0 Å². The van der Waals surface area contributed by atoms with Gasteiger partial charge in [-0.15, -0.1) is 0 Å². The van der Waals surface area contributed by atoms with Crippen molar-refractivity contribution in [1.29, 1.82) is 0 Å². The van der Waals surface area contributed by atoms with Crippen molar-refractivity contribution in [2.24, 2.45) is 0 Å². The van der Waals surface area contributed by atoms with E-state index in [9.17, 15) is 4.79 Å². The monoisotopic (exact) mass is 342 g/mol. The third kappa shape index (κ3) is 3.62. The molecule has 2 amide bonds. The van der Waals surface area contributed by atoms with Crippen molar-refractivity contribution >= 4 is 11.7 Å². The summed E-state index contributed by atoms with van der Waals surface area (Å²) in [6, 6.07) is 6.37. The van der Waals surface area contributed by atoms with E-state index in [-0.39, 0.29) is 6.03 Å². The van der Waals surface area contributed by atoms with Gasteiger partial charge in [0.25, 0.3) is 0 Å². The van der Waals surface area contributed by atoms with Gasteiger partial charge in [0.05, 0.1) is 5.69 Å². The van der Waals surface area contributed by atoms with Gasteiger partial charge in [0.2, 0.25) is 0 Å². The molecular formula is C19H26N4O2. The van der Waals surface area contributed by atoms with Gasteiger partial charge < -0.3 is 19.6 Å². The second kappa shape index (κ2) is 7.17. The van der Waals surface area contributed by atoms with Crippen LogP contribution in [0.1, 0.15) is 28.1 Å². The molecule has 0 saturated carbocycles. The molecule has 1 N–H and O–H groups in total. The Bertz CT molecular complexity index is 741. The van der Waals surface area contributed by atoms with Crippen LogP contribution in [0.3, 0.4) is 0 Å². The minimum atomic E-state index is -0.0272. The number of nitrogens with zero attached hydrogens (tertiary/aromatic N) is 3. The van der Waals surface area contributed by atoms with Gasteiger partial charge in [-0.3, -0.25) is 0 Å². The number of nitrogens with one attached hydrogen (secondary N) is 1. The Balaban J connectivity index is 1.55. The van der Waals surface area contributed by atoms with Gasteiger partial charge in [0.1, 0.15) is 5.76 Å². The SMILES string of the molecule is Cc1cccc(N2CCN(C(=O)NCc3c(C)noc3C)CC2)c1C. The van der Waals surface area contributed by atoms with Crippen LogP contribution < -0.4 is 10.2 Å². The van der Waals surface area contributed by atoms with Crippen LogP contribution in [0.2, 0.25) is 0 Å². The number of amides is 2. The molecule has 1 aliphatic heterocycles. The largest absolute Gasteiger partial charge is 0.368 e. The van der Waals surface area contributed by atoms with Gasteiger partial charge in [0, 0.05) is 44.0 Å². The van der Waals surface area contributed by atoms with E-state index in [1.54, 1.807) is 0 Å². The number of carbonyl (C=O) groups excluding carboxylic acids is 1. The maximum Gasteiger partial charge on any atom is 0.317 e. The molecule has 2 aromatic rings. The Kier molecular flexibility index (Phi) is 4.97. The van der Waals surface area contributed by atoms with Crippen LogP contribution in [0.15, 0.2) is 22.7 Å². The standard InChI is InChI=1S/C19H26N4O2/c1-13-6-5-7-18(14(13)2)22-8-10-23(11-9-22)19(24)20-12-17-15(3)21-25-16(17)4/h5-7H,8-12H2,1-4H3,(H,20,24). The molecule has 134 valence electrons. The summed E-state index contributed by atoms with van der Waals surface area (Å²) in [5.41, 5.74) is 5.69. The van der Waals surface area contributed by atoms with E-state index in [0.717, 1.165) is 43.2 Å². The Morgan fingerprint density at radius 2 is 1.88 bits per heavy atom. The number of urea groups is 1. The molecule has 1 aromatic carbocycles. The molecule has 1 saturated heterocycles. The summed E-state index contributed by atoms with van der Waals surface area (Å²) in [6.07, 6.45) is 0. The van der Waals surface area contributed by atoms with Gasteiger partial charge in [-0.2, -0.15) is 0 Å². The van der Waals surface area contributed by atoms with Crippen LogP contribution in [-0.4, -0.2) is 42.3 Å². The number of carbonyl (C=O) groups is 1. The highest BCUT2D eigenvalue weighted by molar-refractivity contribution is 5.74. The minimum Gasteiger partial charge on any atom is -0.368 e. The molecule has 6 nitrogen and oxygen atoms in total. The molecule has 0 atom stereocenters. The number of piperazine rings is 1. The maximum absolute atomic E-state index is 12.4. The number of aryl methyl sites for hydroxylation is 3. The van der Waals surface area contributed by atoms with Crippen molar-refractivity contribution in [3.8, 4) is 0 Å². The summed E-state index contributed by atoms with van der Waals surface area (Å²) in [7, 11) is 0. The number of anilines is 1. The van der Waals surface area contributed by atoms with Gasteiger partial charge in [-0.05, 0) is 44.9 Å². The van der Waals surface area contributed by atoms with Gasteiger partial charge in [-0.25, -0.2) is 4.79 Å². The highest BCUT2D eigenvalue weighted by Crippen LogP contribution is 2.23. The molecule has 0 unspecified atom stereocenters. The summed E-state index contributed by atoms with van der Waals surface area (Å²) >= 11 is 0. The van der Waals surface area contributed by atoms with E-state index in [0.29, 0.717) is 6.54 Å². The Labute approximate surface area is 148 Å². The van der Waals surface area contributed by atoms with Crippen molar-refractivity contribution in [3.05, 3.63) is 46.3 Å². The first-order valence-electron chi connectivity index (χ1n) is 8.73. The predicted octanol–water partition coefficient (Wildman–Crippen LogP) is 2.94. The molecule has 0 radical (unpaired) electrons. The lowest BCUT2D eigenvalue weighted by atomic mass is 10.1. The molecule has 0 spiro atoms. The zero-order valence-corrected chi connectivity index (χ0v) is 15.4. The van der Waals surface area contributed by atoms with Crippen molar-refractivity contribution in [3.63, 3.8) is 0 Å². The van der Waals surface area contributed by atoms with Crippen molar-refractivity contribution < 1.29 is 9.32 Å². The Morgan fingerprint density at radius 3 is 2.52 bits per heavy atom. The average Bonchev–Trinajstić information content (AvgIpc) is 2.93. The minimum absolute atomic E-state index is 0.0272. The van der Waals surface area contributed by atoms with E-state index in [1.807, 2.05) is 18.7 Å². The quantitative estimate of drug-likeness (QED) is 0.932. The molecule has 3 rings (SSSR count). The molecule has 1 aromatic heterocycles. The lowest BCUT2D eigenvalue weighted by Gasteiger charge is -2.37. The van der Waals surface area contributed by atoms with Crippen LogP contribution in [0, 0.1) is 27.7 Å². The maximum atomic E-state index is 12.4. The zero-order chi connectivity index (χ0) is 18.0. The lowest BCUT2D eigenvalue weighted by Crippen LogP contribution is -2.51. The topological polar surface area (TPSA) is 61.6 Å². The normalized spacial score (nSPS) is 14.7. The third-order valence-corrected chi connectivity index (χ3v) is 5.08. The smallest absolute Gasteiger partial charge is 0.317 e. The van der Waals surface area contributed by atoms with Crippen molar-refractivity contribution in [2.45, 2.75) is 34.2 Å². The van der Waals surface area contributed by atoms with E-state index in [4.69, 9.17) is 4.52 Å². The summed E-state index contributed by atoms with van der Waals surface area (Å²) in [5.74, 6) is 0.762. The molecule has 6 heteroatoms. The number of hydrogen-bond acceptors (Lipinski definition) is 4. The second-order valence-electron chi connectivity index (χ2n) is 6.65. The van der Waals surface area contributed by atoms with Crippen LogP contribution in [-0.2, 0) is 6.54 Å². The zero-order valence-electron chi connectivity index (χ0n) is 15.4. The fourth-order valence-corrected chi connectivity index (χ4v) is 3.26. The molecule has 0 bridgehead atoms. The van der Waals surface area contributed by atoms with Crippen LogP contribution >= 0.6 is 0 Å². The first kappa shape index (κ1) is 17.3. The fraction of sp³-hybridized carbons (Fsp3) is 0.474. The van der Waals surface area contributed by atoms with Crippen molar-refractivity contribution in [1.82, 2.24) is 15.4 Å². The number of aromatic nitrogens is 1.